The van der Waals surface area contributed by atoms with Gasteiger partial charge in [-0.05, 0) is 19.3 Å². The van der Waals surface area contributed by atoms with Crippen LogP contribution in [0.2, 0.25) is 0 Å². The van der Waals surface area contributed by atoms with Crippen molar-refractivity contribution >= 4 is 32.4 Å². The molecule has 118 valence electrons. The Morgan fingerprint density at radius 3 is 3.00 bits per heavy atom. The number of rotatable bonds is 5. The summed E-state index contributed by atoms with van der Waals surface area (Å²) >= 11 is 1.07. The first-order chi connectivity index (χ1) is 9.90. The molecule has 3 N–H and O–H groups in total. The SMILES string of the molecule is CCCC(=O)NC1CCCN(c2ncc(S(N)(=O)=O)s2)C1. The molecular formula is C12H20N4O3S2. The number of carbonyl (C=O) groups excluding carboxylic acids is 1. The highest BCUT2D eigenvalue weighted by molar-refractivity contribution is 7.91. The molecule has 2 rings (SSSR count). The number of piperidine rings is 1. The average Bonchev–Trinajstić information content (AvgIpc) is 2.88. The topological polar surface area (TPSA) is 105 Å². The zero-order chi connectivity index (χ0) is 15.5. The fourth-order valence-electron chi connectivity index (χ4n) is 2.32. The van der Waals surface area contributed by atoms with Crippen molar-refractivity contribution in [3.05, 3.63) is 6.20 Å². The van der Waals surface area contributed by atoms with E-state index in [0.717, 1.165) is 37.1 Å². The molecule has 1 unspecified atom stereocenters. The van der Waals surface area contributed by atoms with Gasteiger partial charge in [0.05, 0.1) is 6.20 Å². The Labute approximate surface area is 128 Å². The third-order valence-corrected chi connectivity index (χ3v) is 5.75. The van der Waals surface area contributed by atoms with Crippen molar-refractivity contribution in [2.24, 2.45) is 5.14 Å². The third kappa shape index (κ3) is 4.39. The highest BCUT2D eigenvalue weighted by Crippen LogP contribution is 2.27. The molecule has 21 heavy (non-hydrogen) atoms. The number of nitrogens with zero attached hydrogens (tertiary/aromatic N) is 2. The van der Waals surface area contributed by atoms with E-state index in [1.807, 2.05) is 11.8 Å². The monoisotopic (exact) mass is 332 g/mol. The van der Waals surface area contributed by atoms with Crippen molar-refractivity contribution in [1.82, 2.24) is 10.3 Å². The van der Waals surface area contributed by atoms with E-state index < -0.39 is 10.0 Å². The van der Waals surface area contributed by atoms with Gasteiger partial charge < -0.3 is 10.2 Å². The van der Waals surface area contributed by atoms with Crippen LogP contribution in [0.1, 0.15) is 32.6 Å². The van der Waals surface area contributed by atoms with Crippen LogP contribution in [0.25, 0.3) is 0 Å². The first-order valence-electron chi connectivity index (χ1n) is 6.93. The second kappa shape index (κ2) is 6.71. The molecule has 1 atom stereocenters. The Kier molecular flexibility index (Phi) is 5.17. The molecule has 9 heteroatoms. The largest absolute Gasteiger partial charge is 0.352 e. The minimum Gasteiger partial charge on any atom is -0.352 e. The smallest absolute Gasteiger partial charge is 0.249 e. The normalized spacial score (nSPS) is 19.5. The van der Waals surface area contributed by atoms with Crippen molar-refractivity contribution in [1.29, 1.82) is 0 Å². The molecule has 0 saturated carbocycles. The number of amides is 1. The zero-order valence-corrected chi connectivity index (χ0v) is 13.5. The summed E-state index contributed by atoms with van der Waals surface area (Å²) in [5.74, 6) is 0.0636. The van der Waals surface area contributed by atoms with Crippen LogP contribution >= 0.6 is 11.3 Å². The molecule has 1 fully saturated rings. The van der Waals surface area contributed by atoms with Crippen molar-refractivity contribution in [3.63, 3.8) is 0 Å². The summed E-state index contributed by atoms with van der Waals surface area (Å²) in [5, 5.41) is 8.74. The van der Waals surface area contributed by atoms with Crippen molar-refractivity contribution < 1.29 is 13.2 Å². The van der Waals surface area contributed by atoms with E-state index in [1.165, 1.54) is 6.20 Å². The maximum atomic E-state index is 11.7. The second-order valence-corrected chi connectivity index (χ2v) is 7.91. The summed E-state index contributed by atoms with van der Waals surface area (Å²) in [5.41, 5.74) is 0. The van der Waals surface area contributed by atoms with Gasteiger partial charge in [-0.3, -0.25) is 4.79 Å². The van der Waals surface area contributed by atoms with Crippen molar-refractivity contribution in [2.75, 3.05) is 18.0 Å². The summed E-state index contributed by atoms with van der Waals surface area (Å²) in [6.45, 7) is 3.42. The molecule has 0 bridgehead atoms. The molecule has 0 radical (unpaired) electrons. The number of thiazole rings is 1. The number of hydrogen-bond acceptors (Lipinski definition) is 6. The summed E-state index contributed by atoms with van der Waals surface area (Å²) in [6, 6.07) is 0.0830. The van der Waals surface area contributed by atoms with Gasteiger partial charge in [-0.15, -0.1) is 0 Å². The Morgan fingerprint density at radius 1 is 1.62 bits per heavy atom. The van der Waals surface area contributed by atoms with Gasteiger partial charge in [-0.2, -0.15) is 0 Å². The fourth-order valence-corrected chi connectivity index (χ4v) is 3.90. The van der Waals surface area contributed by atoms with Gasteiger partial charge in [0.15, 0.2) is 9.34 Å². The van der Waals surface area contributed by atoms with E-state index in [1.54, 1.807) is 0 Å². The molecule has 1 amide bonds. The number of hydrogen-bond donors (Lipinski definition) is 2. The van der Waals surface area contributed by atoms with Gasteiger partial charge in [0, 0.05) is 25.6 Å². The van der Waals surface area contributed by atoms with E-state index in [9.17, 15) is 13.2 Å². The number of aromatic nitrogens is 1. The van der Waals surface area contributed by atoms with E-state index in [0.29, 0.717) is 18.1 Å². The average molecular weight is 332 g/mol. The summed E-state index contributed by atoms with van der Waals surface area (Å²) in [7, 11) is -3.70. The van der Waals surface area contributed by atoms with E-state index in [2.05, 4.69) is 10.3 Å². The molecule has 0 aliphatic carbocycles. The molecule has 1 saturated heterocycles. The third-order valence-electron chi connectivity index (χ3n) is 3.29. The van der Waals surface area contributed by atoms with Crippen LogP contribution in [0, 0.1) is 0 Å². The van der Waals surface area contributed by atoms with Gasteiger partial charge in [0.25, 0.3) is 0 Å². The summed E-state index contributed by atoms with van der Waals surface area (Å²) < 4.78 is 22.6. The van der Waals surface area contributed by atoms with Crippen LogP contribution < -0.4 is 15.4 Å². The molecule has 1 aromatic rings. The highest BCUT2D eigenvalue weighted by Gasteiger charge is 2.24. The standard InChI is InChI=1S/C12H20N4O3S2/c1-2-4-10(17)15-9-5-3-6-16(8-9)12-14-7-11(20-12)21(13,18)19/h7,9H,2-6,8H2,1H3,(H,15,17)(H2,13,18,19). The van der Waals surface area contributed by atoms with Gasteiger partial charge in [-0.25, -0.2) is 18.5 Å². The first kappa shape index (κ1) is 16.2. The van der Waals surface area contributed by atoms with E-state index in [4.69, 9.17) is 5.14 Å². The van der Waals surface area contributed by atoms with Crippen LogP contribution in [0.3, 0.4) is 0 Å². The minimum atomic E-state index is -3.70. The van der Waals surface area contributed by atoms with Crippen LogP contribution in [0.15, 0.2) is 10.4 Å². The van der Waals surface area contributed by atoms with Gasteiger partial charge >= 0.3 is 0 Å². The number of carbonyl (C=O) groups is 1. The minimum absolute atomic E-state index is 0.0636. The predicted molar refractivity (Wildman–Crippen MR) is 81.8 cm³/mol. The molecule has 1 aromatic heterocycles. The predicted octanol–water partition coefficient (Wildman–Crippen LogP) is 0.676. The van der Waals surface area contributed by atoms with Crippen LogP contribution in [0.5, 0.6) is 0 Å². The Morgan fingerprint density at radius 2 is 2.38 bits per heavy atom. The molecule has 1 aliphatic rings. The quantitative estimate of drug-likeness (QED) is 0.824. The number of nitrogens with one attached hydrogen (secondary N) is 1. The van der Waals surface area contributed by atoms with Gasteiger partial charge in [0.1, 0.15) is 0 Å². The number of anilines is 1. The lowest BCUT2D eigenvalue weighted by molar-refractivity contribution is -0.121. The van der Waals surface area contributed by atoms with Crippen molar-refractivity contribution in [2.45, 2.75) is 42.9 Å². The Hall–Kier alpha value is -1.19. The second-order valence-electron chi connectivity index (χ2n) is 5.11. The highest BCUT2D eigenvalue weighted by atomic mass is 32.2. The molecule has 0 spiro atoms. The van der Waals surface area contributed by atoms with Crippen molar-refractivity contribution in [3.8, 4) is 0 Å². The van der Waals surface area contributed by atoms with Crippen LogP contribution in [-0.4, -0.2) is 38.4 Å². The van der Waals surface area contributed by atoms with Gasteiger partial charge in [-0.1, -0.05) is 18.3 Å². The summed E-state index contributed by atoms with van der Waals surface area (Å²) in [4.78, 5) is 17.8. The molecule has 2 heterocycles. The Balaban J connectivity index is 2.01. The molecule has 1 aliphatic heterocycles. The first-order valence-corrected chi connectivity index (χ1v) is 9.29. The van der Waals surface area contributed by atoms with E-state index in [-0.39, 0.29) is 16.2 Å². The van der Waals surface area contributed by atoms with Gasteiger partial charge in [0.2, 0.25) is 15.9 Å². The lowest BCUT2D eigenvalue weighted by Crippen LogP contribution is -2.47. The van der Waals surface area contributed by atoms with Crippen LogP contribution in [-0.2, 0) is 14.8 Å². The maximum absolute atomic E-state index is 11.7. The van der Waals surface area contributed by atoms with Crippen LogP contribution in [0.4, 0.5) is 5.13 Å². The Bertz CT molecular complexity index is 599. The molecule has 7 nitrogen and oxygen atoms in total. The number of nitrogens with two attached hydrogens (primary N) is 1. The van der Waals surface area contributed by atoms with E-state index >= 15 is 0 Å². The maximum Gasteiger partial charge on any atom is 0.249 e. The molecule has 0 aromatic carbocycles. The lowest BCUT2D eigenvalue weighted by atomic mass is 10.1. The molecular weight excluding hydrogens is 312 g/mol. The summed E-state index contributed by atoms with van der Waals surface area (Å²) in [6.07, 6.45) is 4.51. The zero-order valence-electron chi connectivity index (χ0n) is 11.9. The number of primary sulfonamides is 1. The number of sulfonamides is 1. The lowest BCUT2D eigenvalue weighted by Gasteiger charge is -2.32. The fraction of sp³-hybridized carbons (Fsp3) is 0.667.